The number of anilines is 1. The zero-order valence-corrected chi connectivity index (χ0v) is 16.6. The molecular weight excluding hydrogens is 393 g/mol. The van der Waals surface area contributed by atoms with Gasteiger partial charge in [-0.25, -0.2) is 9.82 Å². The summed E-state index contributed by atoms with van der Waals surface area (Å²) in [5.74, 6) is -1.07. The van der Waals surface area contributed by atoms with E-state index in [1.165, 1.54) is 24.3 Å². The minimum Gasteiger partial charge on any atom is -0.326 e. The summed E-state index contributed by atoms with van der Waals surface area (Å²) in [6.45, 7) is 0. The molecule has 0 heterocycles. The number of fused-ring (bicyclic) bond motifs is 2. The van der Waals surface area contributed by atoms with Crippen LogP contribution in [0.25, 0.3) is 21.5 Å². The lowest BCUT2D eigenvalue weighted by atomic mass is 9.97. The van der Waals surface area contributed by atoms with Crippen LogP contribution in [0.1, 0.15) is 18.4 Å². The van der Waals surface area contributed by atoms with Crippen molar-refractivity contribution in [3.63, 3.8) is 0 Å². The van der Waals surface area contributed by atoms with Crippen LogP contribution in [0, 0.1) is 5.82 Å². The molecule has 0 unspecified atom stereocenters. The van der Waals surface area contributed by atoms with E-state index in [4.69, 9.17) is 0 Å². The summed E-state index contributed by atoms with van der Waals surface area (Å²) in [6.07, 6.45) is 1.62. The first-order chi connectivity index (χ1) is 15.1. The van der Waals surface area contributed by atoms with Crippen LogP contribution < -0.4 is 10.7 Å². The van der Waals surface area contributed by atoms with Gasteiger partial charge in [-0.05, 0) is 51.9 Å². The molecule has 4 rings (SSSR count). The van der Waals surface area contributed by atoms with E-state index >= 15 is 0 Å². The minimum absolute atomic E-state index is 0.00404. The number of amides is 2. The molecule has 5 nitrogen and oxygen atoms in total. The maximum atomic E-state index is 12.9. The third kappa shape index (κ3) is 4.93. The van der Waals surface area contributed by atoms with Gasteiger partial charge in [0.15, 0.2) is 0 Å². The predicted molar refractivity (Wildman–Crippen MR) is 121 cm³/mol. The highest BCUT2D eigenvalue weighted by atomic mass is 19.1. The normalized spacial score (nSPS) is 11.1. The second-order valence-corrected chi connectivity index (χ2v) is 7.08. The van der Waals surface area contributed by atoms with Crippen LogP contribution in [0.2, 0.25) is 0 Å². The molecule has 0 fully saturated rings. The average molecular weight is 413 g/mol. The Morgan fingerprint density at radius 3 is 2.03 bits per heavy atom. The lowest BCUT2D eigenvalue weighted by Gasteiger charge is -2.08. The quantitative estimate of drug-likeness (QED) is 0.265. The number of hydrazone groups is 1. The monoisotopic (exact) mass is 413 g/mol. The summed E-state index contributed by atoms with van der Waals surface area (Å²) < 4.78 is 12.9. The SMILES string of the molecule is O=C(CCC(=O)Nc1ccc(F)cc1)N/N=C/c1c2ccccc2cc2ccccc12. The van der Waals surface area contributed by atoms with Gasteiger partial charge in [0.05, 0.1) is 6.21 Å². The van der Waals surface area contributed by atoms with Crippen molar-refractivity contribution < 1.29 is 14.0 Å². The molecule has 0 saturated heterocycles. The van der Waals surface area contributed by atoms with Crippen LogP contribution in [0.5, 0.6) is 0 Å². The molecular formula is C25H20FN3O2. The summed E-state index contributed by atoms with van der Waals surface area (Å²) in [4.78, 5) is 24.1. The smallest absolute Gasteiger partial charge is 0.240 e. The number of benzene rings is 4. The number of rotatable bonds is 6. The van der Waals surface area contributed by atoms with Gasteiger partial charge in [0, 0.05) is 24.1 Å². The number of nitrogens with zero attached hydrogens (tertiary/aromatic N) is 1. The molecule has 0 aliphatic carbocycles. The summed E-state index contributed by atoms with van der Waals surface area (Å²) in [5, 5.41) is 11.0. The minimum atomic E-state index is -0.380. The molecule has 4 aromatic carbocycles. The van der Waals surface area contributed by atoms with Gasteiger partial charge in [-0.1, -0.05) is 48.5 Å². The van der Waals surface area contributed by atoms with E-state index in [1.54, 1.807) is 6.21 Å². The Morgan fingerprint density at radius 1 is 0.806 bits per heavy atom. The van der Waals surface area contributed by atoms with Gasteiger partial charge in [0.1, 0.15) is 5.82 Å². The predicted octanol–water partition coefficient (Wildman–Crippen LogP) is 5.00. The lowest BCUT2D eigenvalue weighted by Crippen LogP contribution is -2.20. The first-order valence-corrected chi connectivity index (χ1v) is 9.88. The number of hydrogen-bond acceptors (Lipinski definition) is 3. The number of halogens is 1. The van der Waals surface area contributed by atoms with Crippen LogP contribution in [0.15, 0.2) is 84.0 Å². The van der Waals surface area contributed by atoms with Crippen molar-refractivity contribution >= 4 is 45.3 Å². The Labute approximate surface area is 178 Å². The standard InChI is InChI=1S/C25H20FN3O2/c26-19-9-11-20(12-10-19)28-24(30)13-14-25(31)29-27-16-23-21-7-3-1-5-17(21)15-18-6-2-4-8-22(18)23/h1-12,15-16H,13-14H2,(H,28,30)(H,29,31)/b27-16+. The molecule has 0 spiro atoms. The van der Waals surface area contributed by atoms with Gasteiger partial charge < -0.3 is 5.32 Å². The highest BCUT2D eigenvalue weighted by molar-refractivity contribution is 6.13. The van der Waals surface area contributed by atoms with Crippen molar-refractivity contribution in [3.8, 4) is 0 Å². The zero-order chi connectivity index (χ0) is 21.6. The molecule has 2 amide bonds. The van der Waals surface area contributed by atoms with Gasteiger partial charge in [-0.2, -0.15) is 5.10 Å². The average Bonchev–Trinajstić information content (AvgIpc) is 2.79. The van der Waals surface area contributed by atoms with Crippen molar-refractivity contribution in [3.05, 3.63) is 90.2 Å². The van der Waals surface area contributed by atoms with Crippen molar-refractivity contribution in [2.75, 3.05) is 5.32 Å². The third-order valence-electron chi connectivity index (χ3n) is 4.90. The van der Waals surface area contributed by atoms with Gasteiger partial charge in [0.2, 0.25) is 11.8 Å². The molecule has 4 aromatic rings. The van der Waals surface area contributed by atoms with Crippen molar-refractivity contribution in [2.24, 2.45) is 5.10 Å². The molecule has 0 aromatic heterocycles. The highest BCUT2D eigenvalue weighted by Crippen LogP contribution is 2.27. The number of carbonyl (C=O) groups excluding carboxylic acids is 2. The van der Waals surface area contributed by atoms with Crippen LogP contribution in [-0.2, 0) is 9.59 Å². The van der Waals surface area contributed by atoms with Crippen LogP contribution in [-0.4, -0.2) is 18.0 Å². The Balaban J connectivity index is 1.40. The molecule has 6 heteroatoms. The van der Waals surface area contributed by atoms with E-state index in [9.17, 15) is 14.0 Å². The van der Waals surface area contributed by atoms with Crippen LogP contribution in [0.3, 0.4) is 0 Å². The Morgan fingerprint density at radius 2 is 1.39 bits per heavy atom. The molecule has 0 atom stereocenters. The summed E-state index contributed by atoms with van der Waals surface area (Å²) >= 11 is 0. The molecule has 0 bridgehead atoms. The second-order valence-electron chi connectivity index (χ2n) is 7.08. The Bertz CT molecular complexity index is 1230. The fraction of sp³-hybridized carbons (Fsp3) is 0.0800. The van der Waals surface area contributed by atoms with Gasteiger partial charge >= 0.3 is 0 Å². The van der Waals surface area contributed by atoms with E-state index in [0.717, 1.165) is 27.1 Å². The molecule has 0 aliphatic rings. The van der Waals surface area contributed by atoms with E-state index in [2.05, 4.69) is 21.9 Å². The molecule has 0 aliphatic heterocycles. The molecule has 154 valence electrons. The fourth-order valence-corrected chi connectivity index (χ4v) is 3.40. The Kier molecular flexibility index (Phi) is 5.98. The van der Waals surface area contributed by atoms with Crippen molar-refractivity contribution in [2.45, 2.75) is 12.8 Å². The van der Waals surface area contributed by atoms with Gasteiger partial charge in [0.25, 0.3) is 0 Å². The highest BCUT2D eigenvalue weighted by Gasteiger charge is 2.08. The maximum absolute atomic E-state index is 12.9. The number of carbonyl (C=O) groups is 2. The number of hydrogen-bond donors (Lipinski definition) is 2. The van der Waals surface area contributed by atoms with Gasteiger partial charge in [-0.3, -0.25) is 9.59 Å². The molecule has 0 saturated carbocycles. The van der Waals surface area contributed by atoms with E-state index in [0.29, 0.717) is 5.69 Å². The van der Waals surface area contributed by atoms with Gasteiger partial charge in [-0.15, -0.1) is 0 Å². The lowest BCUT2D eigenvalue weighted by molar-refractivity contribution is -0.124. The summed E-state index contributed by atoms with van der Waals surface area (Å²) in [5.41, 5.74) is 3.89. The summed E-state index contributed by atoms with van der Waals surface area (Å²) in [7, 11) is 0. The molecule has 0 radical (unpaired) electrons. The molecule has 2 N–H and O–H groups in total. The zero-order valence-electron chi connectivity index (χ0n) is 16.6. The van der Waals surface area contributed by atoms with E-state index in [-0.39, 0.29) is 30.5 Å². The van der Waals surface area contributed by atoms with E-state index < -0.39 is 0 Å². The first-order valence-electron chi connectivity index (χ1n) is 9.88. The van der Waals surface area contributed by atoms with Crippen molar-refractivity contribution in [1.82, 2.24) is 5.43 Å². The third-order valence-corrected chi connectivity index (χ3v) is 4.90. The second kappa shape index (κ2) is 9.17. The topological polar surface area (TPSA) is 70.6 Å². The summed E-state index contributed by atoms with van der Waals surface area (Å²) in [6, 6.07) is 23.6. The maximum Gasteiger partial charge on any atom is 0.240 e. The van der Waals surface area contributed by atoms with Crippen molar-refractivity contribution in [1.29, 1.82) is 0 Å². The molecule has 31 heavy (non-hydrogen) atoms. The first kappa shape index (κ1) is 20.2. The van der Waals surface area contributed by atoms with Crippen LogP contribution in [0.4, 0.5) is 10.1 Å². The van der Waals surface area contributed by atoms with E-state index in [1.807, 2.05) is 48.5 Å². The van der Waals surface area contributed by atoms with Crippen LogP contribution >= 0.6 is 0 Å². The Hall–Kier alpha value is -4.06. The fourth-order valence-electron chi connectivity index (χ4n) is 3.40. The number of nitrogens with one attached hydrogen (secondary N) is 2. The largest absolute Gasteiger partial charge is 0.326 e.